The monoisotopic (exact) mass is 295 g/mol. The number of hydrogen-bond acceptors (Lipinski definition) is 2. The first kappa shape index (κ1) is 13.7. The number of carbonyl (C=O) groups excluding carboxylic acids is 1. The number of carbonyl (C=O) groups is 1. The molecule has 98 valence electrons. The van der Waals surface area contributed by atoms with Crippen LogP contribution in [0.4, 0.5) is 5.69 Å². The van der Waals surface area contributed by atoms with E-state index in [1.165, 1.54) is 0 Å². The molecular weight excluding hydrogens is 285 g/mol. The van der Waals surface area contributed by atoms with Gasteiger partial charge in [-0.1, -0.05) is 35.3 Å². The first-order valence-electron chi connectivity index (χ1n) is 5.57. The molecule has 2 N–H and O–H groups in total. The van der Waals surface area contributed by atoms with Crippen LogP contribution in [0.3, 0.4) is 0 Å². The predicted molar refractivity (Wildman–Crippen MR) is 76.9 cm³/mol. The van der Waals surface area contributed by atoms with Crippen LogP contribution in [0.5, 0.6) is 5.75 Å². The lowest BCUT2D eigenvalue weighted by molar-refractivity contribution is -0.115. The van der Waals surface area contributed by atoms with Gasteiger partial charge in [0.2, 0.25) is 5.91 Å². The molecule has 3 nitrogen and oxygen atoms in total. The summed E-state index contributed by atoms with van der Waals surface area (Å²) in [6.45, 7) is 0. The Hall–Kier alpha value is -1.71. The van der Waals surface area contributed by atoms with E-state index >= 15 is 0 Å². The summed E-state index contributed by atoms with van der Waals surface area (Å²) >= 11 is 11.7. The standard InChI is InChI=1S/C14H11Cl2NO2/c15-12-6-3-10(8-13(12)16)17-14(19)7-9-1-4-11(18)5-2-9/h1-6,8,18H,7H2,(H,17,19). The van der Waals surface area contributed by atoms with E-state index in [1.54, 1.807) is 42.5 Å². The summed E-state index contributed by atoms with van der Waals surface area (Å²) in [5.41, 5.74) is 1.41. The van der Waals surface area contributed by atoms with Gasteiger partial charge in [-0.05, 0) is 35.9 Å². The number of halogens is 2. The molecule has 0 bridgehead atoms. The number of hydrogen-bond donors (Lipinski definition) is 2. The second-order valence-corrected chi connectivity index (χ2v) is 4.83. The van der Waals surface area contributed by atoms with E-state index in [9.17, 15) is 4.79 Å². The largest absolute Gasteiger partial charge is 0.508 e. The highest BCUT2D eigenvalue weighted by molar-refractivity contribution is 6.42. The van der Waals surface area contributed by atoms with Gasteiger partial charge in [-0.15, -0.1) is 0 Å². The number of phenols is 1. The maximum Gasteiger partial charge on any atom is 0.228 e. The fraction of sp³-hybridized carbons (Fsp3) is 0.0714. The topological polar surface area (TPSA) is 49.3 Å². The first-order chi connectivity index (χ1) is 9.04. The minimum Gasteiger partial charge on any atom is -0.508 e. The van der Waals surface area contributed by atoms with Crippen molar-refractivity contribution in [2.45, 2.75) is 6.42 Å². The Bertz CT molecular complexity index is 597. The fourth-order valence-electron chi connectivity index (χ4n) is 1.58. The number of amides is 1. The smallest absolute Gasteiger partial charge is 0.228 e. The highest BCUT2D eigenvalue weighted by Crippen LogP contribution is 2.25. The summed E-state index contributed by atoms with van der Waals surface area (Å²) in [5, 5.41) is 12.7. The number of rotatable bonds is 3. The molecule has 0 aliphatic heterocycles. The summed E-state index contributed by atoms with van der Waals surface area (Å²) in [7, 11) is 0. The number of nitrogens with one attached hydrogen (secondary N) is 1. The second-order valence-electron chi connectivity index (χ2n) is 4.02. The van der Waals surface area contributed by atoms with Crippen molar-refractivity contribution in [3.63, 3.8) is 0 Å². The lowest BCUT2D eigenvalue weighted by Crippen LogP contribution is -2.14. The maximum atomic E-state index is 11.8. The van der Waals surface area contributed by atoms with Crippen LogP contribution in [-0.2, 0) is 11.2 Å². The molecule has 1 amide bonds. The van der Waals surface area contributed by atoms with E-state index in [4.69, 9.17) is 28.3 Å². The number of aromatic hydroxyl groups is 1. The van der Waals surface area contributed by atoms with Crippen LogP contribution in [0, 0.1) is 0 Å². The molecule has 0 spiro atoms. The molecule has 0 radical (unpaired) electrons. The van der Waals surface area contributed by atoms with Gasteiger partial charge >= 0.3 is 0 Å². The molecule has 0 fully saturated rings. The summed E-state index contributed by atoms with van der Waals surface area (Å²) in [5.74, 6) is 0.0118. The molecule has 2 aromatic rings. The van der Waals surface area contributed by atoms with Crippen LogP contribution < -0.4 is 5.32 Å². The Labute approximate surface area is 120 Å². The van der Waals surface area contributed by atoms with Crippen LogP contribution in [0.25, 0.3) is 0 Å². The quantitative estimate of drug-likeness (QED) is 0.903. The number of anilines is 1. The lowest BCUT2D eigenvalue weighted by atomic mass is 10.1. The summed E-state index contributed by atoms with van der Waals surface area (Å²) in [6, 6.07) is 11.4. The van der Waals surface area contributed by atoms with Crippen LogP contribution >= 0.6 is 23.2 Å². The zero-order chi connectivity index (χ0) is 13.8. The molecule has 0 atom stereocenters. The normalized spacial score (nSPS) is 10.2. The lowest BCUT2D eigenvalue weighted by Gasteiger charge is -2.06. The third-order valence-corrected chi connectivity index (χ3v) is 3.24. The van der Waals surface area contributed by atoms with E-state index in [2.05, 4.69) is 5.32 Å². The highest BCUT2D eigenvalue weighted by atomic mass is 35.5. The van der Waals surface area contributed by atoms with E-state index in [0.717, 1.165) is 5.56 Å². The number of benzene rings is 2. The van der Waals surface area contributed by atoms with Crippen molar-refractivity contribution < 1.29 is 9.90 Å². The molecule has 0 aliphatic rings. The van der Waals surface area contributed by atoms with Gasteiger partial charge in [-0.2, -0.15) is 0 Å². The molecule has 0 unspecified atom stereocenters. The van der Waals surface area contributed by atoms with Gasteiger partial charge < -0.3 is 10.4 Å². The van der Waals surface area contributed by atoms with Crippen molar-refractivity contribution in [1.82, 2.24) is 0 Å². The molecule has 2 rings (SSSR count). The van der Waals surface area contributed by atoms with Gasteiger partial charge in [-0.3, -0.25) is 4.79 Å². The molecule has 19 heavy (non-hydrogen) atoms. The Morgan fingerprint density at radius 1 is 1.05 bits per heavy atom. The molecule has 0 heterocycles. The molecule has 5 heteroatoms. The highest BCUT2D eigenvalue weighted by Gasteiger charge is 2.06. The van der Waals surface area contributed by atoms with E-state index < -0.39 is 0 Å². The van der Waals surface area contributed by atoms with Crippen molar-refractivity contribution in [1.29, 1.82) is 0 Å². The van der Waals surface area contributed by atoms with Crippen LogP contribution in [0.2, 0.25) is 10.0 Å². The van der Waals surface area contributed by atoms with Gasteiger partial charge in [0.1, 0.15) is 5.75 Å². The minimum absolute atomic E-state index is 0.163. The Morgan fingerprint density at radius 3 is 2.37 bits per heavy atom. The Morgan fingerprint density at radius 2 is 1.74 bits per heavy atom. The minimum atomic E-state index is -0.163. The SMILES string of the molecule is O=C(Cc1ccc(O)cc1)Nc1ccc(Cl)c(Cl)c1. The Kier molecular flexibility index (Phi) is 4.30. The van der Waals surface area contributed by atoms with Crippen molar-refractivity contribution >= 4 is 34.8 Å². The summed E-state index contributed by atoms with van der Waals surface area (Å²) < 4.78 is 0. The molecule has 0 aliphatic carbocycles. The molecule has 0 saturated heterocycles. The van der Waals surface area contributed by atoms with Crippen molar-refractivity contribution in [3.8, 4) is 5.75 Å². The van der Waals surface area contributed by atoms with Crippen molar-refractivity contribution in [2.75, 3.05) is 5.32 Å². The molecule has 2 aromatic carbocycles. The molecule has 0 saturated carbocycles. The number of phenolic OH excluding ortho intramolecular Hbond substituents is 1. The van der Waals surface area contributed by atoms with Gasteiger partial charge in [0.25, 0.3) is 0 Å². The fourth-order valence-corrected chi connectivity index (χ4v) is 1.88. The average molecular weight is 296 g/mol. The van der Waals surface area contributed by atoms with Crippen LogP contribution in [-0.4, -0.2) is 11.0 Å². The van der Waals surface area contributed by atoms with Crippen LogP contribution in [0.1, 0.15) is 5.56 Å². The zero-order valence-electron chi connectivity index (χ0n) is 9.86. The van der Waals surface area contributed by atoms with E-state index in [-0.39, 0.29) is 18.1 Å². The first-order valence-corrected chi connectivity index (χ1v) is 6.33. The summed E-state index contributed by atoms with van der Waals surface area (Å²) in [6.07, 6.45) is 0.223. The maximum absolute atomic E-state index is 11.8. The van der Waals surface area contributed by atoms with Gasteiger partial charge in [0, 0.05) is 5.69 Å². The molecule has 0 aromatic heterocycles. The Balaban J connectivity index is 2.01. The third-order valence-electron chi connectivity index (χ3n) is 2.50. The summed E-state index contributed by atoms with van der Waals surface area (Å²) in [4.78, 5) is 11.8. The second kappa shape index (κ2) is 5.95. The van der Waals surface area contributed by atoms with Crippen molar-refractivity contribution in [2.24, 2.45) is 0 Å². The average Bonchev–Trinajstić information content (AvgIpc) is 2.37. The van der Waals surface area contributed by atoms with Crippen molar-refractivity contribution in [3.05, 3.63) is 58.1 Å². The molecular formula is C14H11Cl2NO2. The van der Waals surface area contributed by atoms with E-state index in [1.807, 2.05) is 0 Å². The predicted octanol–water partition coefficient (Wildman–Crippen LogP) is 3.88. The van der Waals surface area contributed by atoms with Gasteiger partial charge in [-0.25, -0.2) is 0 Å². The van der Waals surface area contributed by atoms with E-state index in [0.29, 0.717) is 15.7 Å². The third kappa shape index (κ3) is 3.88. The van der Waals surface area contributed by atoms with Crippen LogP contribution in [0.15, 0.2) is 42.5 Å². The zero-order valence-corrected chi connectivity index (χ0v) is 11.4. The van der Waals surface area contributed by atoms with Gasteiger partial charge in [0.05, 0.1) is 16.5 Å². The van der Waals surface area contributed by atoms with Gasteiger partial charge in [0.15, 0.2) is 0 Å².